The van der Waals surface area contributed by atoms with Crippen LogP contribution in [-0.2, 0) is 0 Å². The first-order valence-corrected chi connectivity index (χ1v) is 4.35. The Bertz CT molecular complexity index is 276. The normalized spacial score (nSPS) is 10.1. The van der Waals surface area contributed by atoms with Gasteiger partial charge in [-0.25, -0.2) is 4.39 Å². The maximum Gasteiger partial charge on any atom is 0.128 e. The fourth-order valence-electron chi connectivity index (χ4n) is 1.10. The molecule has 0 unspecified atom stereocenters. The number of aliphatic hydroxyl groups excluding tert-OH is 1. The Kier molecular flexibility index (Phi) is 3.71. The van der Waals surface area contributed by atoms with E-state index in [1.807, 2.05) is 6.07 Å². The van der Waals surface area contributed by atoms with Crippen molar-refractivity contribution in [2.75, 3.05) is 18.5 Å². The van der Waals surface area contributed by atoms with Crippen molar-refractivity contribution >= 4 is 5.69 Å². The van der Waals surface area contributed by atoms with Gasteiger partial charge in [0.05, 0.1) is 0 Å². The minimum atomic E-state index is -0.200. The van der Waals surface area contributed by atoms with E-state index in [9.17, 15) is 4.39 Å². The first-order valence-electron chi connectivity index (χ1n) is 4.35. The first kappa shape index (κ1) is 9.99. The Morgan fingerprint density at radius 3 is 2.92 bits per heavy atom. The van der Waals surface area contributed by atoms with Gasteiger partial charge < -0.3 is 10.4 Å². The summed E-state index contributed by atoms with van der Waals surface area (Å²) in [5, 5.41) is 11.6. The molecule has 1 rings (SSSR count). The van der Waals surface area contributed by atoms with E-state index in [-0.39, 0.29) is 12.4 Å². The lowest BCUT2D eigenvalue weighted by molar-refractivity contribution is 0.292. The highest BCUT2D eigenvalue weighted by Gasteiger charge is 2.01. The number of aliphatic hydroxyl groups is 1. The molecule has 1 aromatic carbocycles. The number of halogens is 1. The van der Waals surface area contributed by atoms with Crippen LogP contribution in [0.2, 0.25) is 0 Å². The third kappa shape index (κ3) is 2.70. The van der Waals surface area contributed by atoms with Crippen molar-refractivity contribution in [2.24, 2.45) is 0 Å². The molecule has 2 nitrogen and oxygen atoms in total. The predicted molar refractivity (Wildman–Crippen MR) is 51.3 cm³/mol. The van der Waals surface area contributed by atoms with Gasteiger partial charge in [-0.1, -0.05) is 6.07 Å². The standard InChI is InChI=1S/C10H14FNO/c1-8-9(11)4-2-5-10(8)12-6-3-7-13/h2,4-5,12-13H,3,6-7H2,1H3. The van der Waals surface area contributed by atoms with Crippen molar-refractivity contribution < 1.29 is 9.50 Å². The fourth-order valence-corrected chi connectivity index (χ4v) is 1.10. The minimum absolute atomic E-state index is 0.154. The summed E-state index contributed by atoms with van der Waals surface area (Å²) in [5.74, 6) is -0.200. The average Bonchev–Trinajstić information content (AvgIpc) is 2.13. The molecule has 0 heterocycles. The van der Waals surface area contributed by atoms with Gasteiger partial charge in [0.2, 0.25) is 0 Å². The fraction of sp³-hybridized carbons (Fsp3) is 0.400. The lowest BCUT2D eigenvalue weighted by Gasteiger charge is -2.08. The number of anilines is 1. The summed E-state index contributed by atoms with van der Waals surface area (Å²) in [6.07, 6.45) is 0.677. The zero-order valence-corrected chi connectivity index (χ0v) is 7.68. The van der Waals surface area contributed by atoms with Crippen LogP contribution in [0.1, 0.15) is 12.0 Å². The summed E-state index contributed by atoms with van der Waals surface area (Å²) >= 11 is 0. The molecule has 0 spiro atoms. The third-order valence-corrected chi connectivity index (χ3v) is 1.92. The van der Waals surface area contributed by atoms with E-state index in [2.05, 4.69) is 5.32 Å². The van der Waals surface area contributed by atoms with Crippen molar-refractivity contribution in [1.29, 1.82) is 0 Å². The molecule has 0 fully saturated rings. The van der Waals surface area contributed by atoms with Gasteiger partial charge in [0.1, 0.15) is 5.82 Å². The molecule has 0 amide bonds. The zero-order chi connectivity index (χ0) is 9.68. The van der Waals surface area contributed by atoms with Crippen molar-refractivity contribution in [3.05, 3.63) is 29.6 Å². The number of nitrogens with one attached hydrogen (secondary N) is 1. The van der Waals surface area contributed by atoms with Crippen LogP contribution in [0.4, 0.5) is 10.1 Å². The van der Waals surface area contributed by atoms with Gasteiger partial charge in [0.25, 0.3) is 0 Å². The monoisotopic (exact) mass is 183 g/mol. The number of hydrogen-bond acceptors (Lipinski definition) is 2. The second-order valence-electron chi connectivity index (χ2n) is 2.92. The Morgan fingerprint density at radius 2 is 2.23 bits per heavy atom. The largest absolute Gasteiger partial charge is 0.396 e. The first-order chi connectivity index (χ1) is 6.25. The Morgan fingerprint density at radius 1 is 1.46 bits per heavy atom. The van der Waals surface area contributed by atoms with E-state index in [1.54, 1.807) is 13.0 Å². The molecule has 0 bridgehead atoms. The summed E-state index contributed by atoms with van der Waals surface area (Å²) in [5.41, 5.74) is 1.42. The van der Waals surface area contributed by atoms with Gasteiger partial charge in [-0.2, -0.15) is 0 Å². The summed E-state index contributed by atoms with van der Waals surface area (Å²) in [6, 6.07) is 4.94. The second kappa shape index (κ2) is 4.82. The summed E-state index contributed by atoms with van der Waals surface area (Å²) in [7, 11) is 0. The van der Waals surface area contributed by atoms with E-state index in [0.29, 0.717) is 18.5 Å². The Hall–Kier alpha value is -1.09. The van der Waals surface area contributed by atoms with Crippen molar-refractivity contribution in [1.82, 2.24) is 0 Å². The van der Waals surface area contributed by atoms with Gasteiger partial charge in [-0.05, 0) is 25.5 Å². The minimum Gasteiger partial charge on any atom is -0.396 e. The van der Waals surface area contributed by atoms with Gasteiger partial charge in [0, 0.05) is 24.4 Å². The van der Waals surface area contributed by atoms with Crippen LogP contribution >= 0.6 is 0 Å². The molecule has 0 aliphatic rings. The molecular weight excluding hydrogens is 169 g/mol. The Balaban J connectivity index is 2.61. The highest BCUT2D eigenvalue weighted by Crippen LogP contribution is 2.16. The lowest BCUT2D eigenvalue weighted by Crippen LogP contribution is -2.05. The topological polar surface area (TPSA) is 32.3 Å². The van der Waals surface area contributed by atoms with Crippen LogP contribution in [0.25, 0.3) is 0 Å². The Labute approximate surface area is 77.4 Å². The molecule has 2 N–H and O–H groups in total. The molecule has 13 heavy (non-hydrogen) atoms. The maximum atomic E-state index is 13.0. The molecule has 0 saturated carbocycles. The van der Waals surface area contributed by atoms with E-state index in [4.69, 9.17) is 5.11 Å². The molecule has 3 heteroatoms. The lowest BCUT2D eigenvalue weighted by atomic mass is 10.2. The number of hydrogen-bond donors (Lipinski definition) is 2. The molecule has 0 saturated heterocycles. The highest BCUT2D eigenvalue weighted by molar-refractivity contribution is 5.50. The number of benzene rings is 1. The molecular formula is C10H14FNO. The summed E-state index contributed by atoms with van der Waals surface area (Å²) in [6.45, 7) is 2.55. The maximum absolute atomic E-state index is 13.0. The van der Waals surface area contributed by atoms with Crippen molar-refractivity contribution in [3.63, 3.8) is 0 Å². The van der Waals surface area contributed by atoms with Crippen LogP contribution in [0, 0.1) is 12.7 Å². The molecule has 72 valence electrons. The molecule has 0 radical (unpaired) electrons. The van der Waals surface area contributed by atoms with E-state index in [1.165, 1.54) is 6.07 Å². The summed E-state index contributed by atoms with van der Waals surface area (Å²) in [4.78, 5) is 0. The molecule has 0 aliphatic carbocycles. The average molecular weight is 183 g/mol. The van der Waals surface area contributed by atoms with Gasteiger partial charge >= 0.3 is 0 Å². The van der Waals surface area contributed by atoms with Crippen LogP contribution < -0.4 is 5.32 Å². The van der Waals surface area contributed by atoms with Crippen molar-refractivity contribution in [3.8, 4) is 0 Å². The van der Waals surface area contributed by atoms with Crippen molar-refractivity contribution in [2.45, 2.75) is 13.3 Å². The van der Waals surface area contributed by atoms with Gasteiger partial charge in [-0.3, -0.25) is 0 Å². The van der Waals surface area contributed by atoms with Gasteiger partial charge in [0.15, 0.2) is 0 Å². The zero-order valence-electron chi connectivity index (χ0n) is 7.68. The molecule has 0 atom stereocenters. The summed E-state index contributed by atoms with van der Waals surface area (Å²) < 4.78 is 13.0. The van der Waals surface area contributed by atoms with E-state index < -0.39 is 0 Å². The number of rotatable bonds is 4. The van der Waals surface area contributed by atoms with Crippen LogP contribution in [0.3, 0.4) is 0 Å². The van der Waals surface area contributed by atoms with Crippen LogP contribution in [0.5, 0.6) is 0 Å². The van der Waals surface area contributed by atoms with Crippen LogP contribution in [-0.4, -0.2) is 18.3 Å². The van der Waals surface area contributed by atoms with E-state index >= 15 is 0 Å². The second-order valence-corrected chi connectivity index (χ2v) is 2.92. The molecule has 0 aromatic heterocycles. The molecule has 1 aromatic rings. The smallest absolute Gasteiger partial charge is 0.128 e. The van der Waals surface area contributed by atoms with Crippen LogP contribution in [0.15, 0.2) is 18.2 Å². The SMILES string of the molecule is Cc1c(F)cccc1NCCCO. The predicted octanol–water partition coefficient (Wildman–Crippen LogP) is 1.93. The van der Waals surface area contributed by atoms with E-state index in [0.717, 1.165) is 5.69 Å². The quantitative estimate of drug-likeness (QED) is 0.699. The molecule has 0 aliphatic heterocycles. The third-order valence-electron chi connectivity index (χ3n) is 1.92. The highest BCUT2D eigenvalue weighted by atomic mass is 19.1. The van der Waals surface area contributed by atoms with Gasteiger partial charge in [-0.15, -0.1) is 0 Å².